The molecule has 0 saturated carbocycles. The van der Waals surface area contributed by atoms with Crippen LogP contribution in [0, 0.1) is 11.3 Å². The summed E-state index contributed by atoms with van der Waals surface area (Å²) in [5.41, 5.74) is 0. The number of hydrogen-bond acceptors (Lipinski definition) is 5. The van der Waals surface area contributed by atoms with Gasteiger partial charge in [0.1, 0.15) is 0 Å². The lowest BCUT2D eigenvalue weighted by Crippen LogP contribution is -2.33. The lowest BCUT2D eigenvalue weighted by atomic mass is 10.2. The molecular formula is C17H36N3O2P. The number of nitrogens with one attached hydrogen (secondary N) is 1. The van der Waals surface area contributed by atoms with Crippen LogP contribution in [0.1, 0.15) is 68.1 Å². The zero-order valence-corrected chi connectivity index (χ0v) is 16.3. The second-order valence-electron chi connectivity index (χ2n) is 6.04. The van der Waals surface area contributed by atoms with E-state index in [0.717, 1.165) is 32.4 Å². The molecule has 0 heterocycles. The Morgan fingerprint density at radius 3 is 2.35 bits per heavy atom. The first-order valence-corrected chi connectivity index (χ1v) is 9.88. The molecule has 0 radical (unpaired) electrons. The summed E-state index contributed by atoms with van der Waals surface area (Å²) in [5, 5.41) is 11.9. The average Bonchev–Trinajstić information content (AvgIpc) is 2.52. The summed E-state index contributed by atoms with van der Waals surface area (Å²) < 4.78 is 21.2. The zero-order chi connectivity index (χ0) is 18.2. The van der Waals surface area contributed by atoms with Crippen LogP contribution in [0.15, 0.2) is 0 Å². The van der Waals surface area contributed by atoms with Gasteiger partial charge in [0.05, 0.1) is 25.7 Å². The van der Waals surface area contributed by atoms with Crippen molar-refractivity contribution in [3.8, 4) is 6.07 Å². The molecule has 0 fully saturated rings. The van der Waals surface area contributed by atoms with Gasteiger partial charge >= 0.3 is 0 Å². The van der Waals surface area contributed by atoms with E-state index < -0.39 is 8.53 Å². The van der Waals surface area contributed by atoms with Gasteiger partial charge in [-0.05, 0) is 53.6 Å². The summed E-state index contributed by atoms with van der Waals surface area (Å²) in [4.78, 5) is 0. The molecule has 0 amide bonds. The summed E-state index contributed by atoms with van der Waals surface area (Å²) >= 11 is 0. The predicted molar refractivity (Wildman–Crippen MR) is 98.2 cm³/mol. The van der Waals surface area contributed by atoms with Gasteiger partial charge < -0.3 is 14.4 Å². The zero-order valence-electron chi connectivity index (χ0n) is 16.4. The molecule has 136 valence electrons. The Kier molecular flexibility index (Phi) is 13.8. The second kappa shape index (κ2) is 15.3. The van der Waals surface area contributed by atoms with Crippen molar-refractivity contribution >= 4 is 8.53 Å². The molecule has 0 aliphatic rings. The Hall–Kier alpha value is -0.240. The average molecular weight is 347 g/mol. The van der Waals surface area contributed by atoms with Crippen molar-refractivity contribution in [2.75, 3.05) is 26.3 Å². The van der Waals surface area contributed by atoms with Gasteiger partial charge in [-0.1, -0.05) is 19.7 Å². The molecule has 5 nitrogen and oxygen atoms in total. The van der Waals surface area contributed by atoms with Crippen LogP contribution in [0.5, 0.6) is 0 Å². The van der Waals surface area contributed by atoms with Crippen molar-refractivity contribution in [3.63, 3.8) is 0 Å². The van der Waals surface area contributed by atoms with Gasteiger partial charge in [0.15, 0.2) is 0 Å². The molecule has 0 bridgehead atoms. The van der Waals surface area contributed by atoms with Crippen LogP contribution in [0.3, 0.4) is 0 Å². The Morgan fingerprint density at radius 2 is 1.74 bits per heavy atom. The van der Waals surface area contributed by atoms with Crippen molar-refractivity contribution in [2.45, 2.75) is 78.8 Å². The highest BCUT2D eigenvalue weighted by Crippen LogP contribution is 2.46. The van der Waals surface area contributed by atoms with Crippen LogP contribution in [0.4, 0.5) is 0 Å². The van der Waals surface area contributed by atoms with E-state index in [2.05, 4.69) is 43.8 Å². The molecule has 0 aromatic heterocycles. The maximum Gasteiger partial charge on any atom is 0.259 e. The SMILES string of the molecule is [3H]CCNCCCCCCOP(OCCC#N)N(C(C)C)C(C)C. The van der Waals surface area contributed by atoms with Gasteiger partial charge in [0, 0.05) is 13.5 Å². The van der Waals surface area contributed by atoms with Crippen molar-refractivity contribution in [1.82, 2.24) is 9.99 Å². The topological polar surface area (TPSA) is 57.5 Å². The maximum absolute atomic E-state index is 8.69. The molecule has 1 atom stereocenters. The monoisotopic (exact) mass is 347 g/mol. The van der Waals surface area contributed by atoms with Crippen LogP contribution >= 0.6 is 8.53 Å². The van der Waals surface area contributed by atoms with E-state index in [1.54, 1.807) is 0 Å². The van der Waals surface area contributed by atoms with Gasteiger partial charge in [0.2, 0.25) is 0 Å². The van der Waals surface area contributed by atoms with E-state index in [-0.39, 0.29) is 0 Å². The summed E-state index contributed by atoms with van der Waals surface area (Å²) in [6.07, 6.45) is 4.91. The third-order valence-corrected chi connectivity index (χ3v) is 5.40. The van der Waals surface area contributed by atoms with Crippen molar-refractivity contribution in [3.05, 3.63) is 0 Å². The molecule has 0 aromatic rings. The molecular weight excluding hydrogens is 309 g/mol. The number of nitriles is 1. The molecule has 1 N–H and O–H groups in total. The molecule has 23 heavy (non-hydrogen) atoms. The molecule has 0 aromatic carbocycles. The molecule has 0 aliphatic carbocycles. The first kappa shape index (κ1) is 20.8. The maximum atomic E-state index is 8.69. The fourth-order valence-electron chi connectivity index (χ4n) is 2.29. The summed E-state index contributed by atoms with van der Waals surface area (Å²) in [6.45, 7) is 12.0. The third kappa shape index (κ3) is 11.9. The van der Waals surface area contributed by atoms with E-state index in [1.165, 1.54) is 6.42 Å². The Labute approximate surface area is 146 Å². The number of rotatable bonds is 15. The lowest BCUT2D eigenvalue weighted by Gasteiger charge is -2.35. The van der Waals surface area contributed by atoms with E-state index in [9.17, 15) is 0 Å². The fraction of sp³-hybridized carbons (Fsp3) is 0.941. The predicted octanol–water partition coefficient (Wildman–Crippen LogP) is 4.45. The fourth-order valence-corrected chi connectivity index (χ4v) is 3.91. The standard InChI is InChI=1S/C17H36N3O2P/c1-6-19-13-9-7-8-10-14-21-23(22-15-11-12-18)20(16(2)3)17(4)5/h16-17,19H,6-11,13-15H2,1-5H3/i1T. The van der Waals surface area contributed by atoms with Gasteiger partial charge in [-0.2, -0.15) is 5.26 Å². The number of hydrogen-bond donors (Lipinski definition) is 1. The lowest BCUT2D eigenvalue weighted by molar-refractivity contribution is 0.174. The second-order valence-corrected chi connectivity index (χ2v) is 7.50. The first-order valence-electron chi connectivity index (χ1n) is 9.46. The highest BCUT2D eigenvalue weighted by Gasteiger charge is 2.26. The van der Waals surface area contributed by atoms with Gasteiger partial charge in [0.25, 0.3) is 8.53 Å². The smallest absolute Gasteiger partial charge is 0.259 e. The van der Waals surface area contributed by atoms with E-state index in [4.69, 9.17) is 15.7 Å². The van der Waals surface area contributed by atoms with Crippen LogP contribution < -0.4 is 5.32 Å². The molecule has 0 rings (SSSR count). The van der Waals surface area contributed by atoms with Gasteiger partial charge in [-0.25, -0.2) is 4.67 Å². The largest absolute Gasteiger partial charge is 0.322 e. The van der Waals surface area contributed by atoms with E-state index >= 15 is 0 Å². The van der Waals surface area contributed by atoms with Crippen molar-refractivity contribution in [1.29, 1.82) is 5.26 Å². The third-order valence-electron chi connectivity index (χ3n) is 3.29. The highest BCUT2D eigenvalue weighted by molar-refractivity contribution is 7.44. The Morgan fingerprint density at radius 1 is 1.09 bits per heavy atom. The summed E-state index contributed by atoms with van der Waals surface area (Å²) in [5.74, 6) is 0. The van der Waals surface area contributed by atoms with E-state index in [0.29, 0.717) is 38.6 Å². The molecule has 0 spiro atoms. The quantitative estimate of drug-likeness (QED) is 0.350. The number of nitrogens with zero attached hydrogens (tertiary/aromatic N) is 2. The normalized spacial score (nSPS) is 13.6. The molecule has 0 aliphatic heterocycles. The van der Waals surface area contributed by atoms with Crippen molar-refractivity contribution in [2.24, 2.45) is 0 Å². The first-order chi connectivity index (χ1) is 11.5. The van der Waals surface area contributed by atoms with Crippen LogP contribution in [-0.4, -0.2) is 43.1 Å². The molecule has 0 saturated heterocycles. The minimum atomic E-state index is -1.10. The Balaban J connectivity index is 4.06. The number of unbranched alkanes of at least 4 members (excludes halogenated alkanes) is 3. The molecule has 1 unspecified atom stereocenters. The minimum Gasteiger partial charge on any atom is -0.322 e. The van der Waals surface area contributed by atoms with E-state index in [1.807, 2.05) is 0 Å². The van der Waals surface area contributed by atoms with Crippen molar-refractivity contribution < 1.29 is 10.4 Å². The summed E-state index contributed by atoms with van der Waals surface area (Å²) in [6, 6.07) is 2.82. The minimum absolute atomic E-state index is 0.348. The summed E-state index contributed by atoms with van der Waals surface area (Å²) in [7, 11) is -1.10. The van der Waals surface area contributed by atoms with Crippen LogP contribution in [0.2, 0.25) is 0 Å². The van der Waals surface area contributed by atoms with Crippen LogP contribution in [0.25, 0.3) is 0 Å². The van der Waals surface area contributed by atoms with Gasteiger partial charge in [-0.3, -0.25) is 0 Å². The highest BCUT2D eigenvalue weighted by atomic mass is 31.2. The van der Waals surface area contributed by atoms with Gasteiger partial charge in [-0.15, -0.1) is 0 Å². The molecule has 6 heteroatoms. The Bertz CT molecular complexity index is 319. The van der Waals surface area contributed by atoms with Crippen LogP contribution in [-0.2, 0) is 9.05 Å².